The first-order valence-corrected chi connectivity index (χ1v) is 8.70. The lowest BCUT2D eigenvalue weighted by atomic mass is 9.96. The minimum absolute atomic E-state index is 0.532. The van der Waals surface area contributed by atoms with Crippen molar-refractivity contribution in [1.82, 2.24) is 10.3 Å². The van der Waals surface area contributed by atoms with Crippen molar-refractivity contribution in [2.75, 3.05) is 0 Å². The Morgan fingerprint density at radius 3 is 2.89 bits per heavy atom. The van der Waals surface area contributed by atoms with E-state index in [9.17, 15) is 0 Å². The monoisotopic (exact) mass is 292 g/mol. The van der Waals surface area contributed by atoms with E-state index in [1.807, 2.05) is 17.5 Å². The Bertz CT molecular complexity index is 498. The van der Waals surface area contributed by atoms with Crippen LogP contribution >= 0.6 is 22.7 Å². The zero-order valence-corrected chi connectivity index (χ0v) is 12.9. The van der Waals surface area contributed by atoms with Gasteiger partial charge in [-0.25, -0.2) is 4.98 Å². The lowest BCUT2D eigenvalue weighted by Gasteiger charge is -2.23. The van der Waals surface area contributed by atoms with E-state index in [1.165, 1.54) is 35.4 Å². The third-order valence-corrected chi connectivity index (χ3v) is 5.75. The Balaban J connectivity index is 1.68. The molecule has 2 nitrogen and oxygen atoms in total. The molecule has 0 aromatic carbocycles. The van der Waals surface area contributed by atoms with E-state index in [2.05, 4.69) is 34.7 Å². The van der Waals surface area contributed by atoms with Crippen LogP contribution in [0.2, 0.25) is 0 Å². The van der Waals surface area contributed by atoms with Gasteiger partial charge in [0.1, 0.15) is 0 Å². The van der Waals surface area contributed by atoms with Crippen LogP contribution in [0.3, 0.4) is 0 Å². The molecule has 2 aromatic heterocycles. The molecule has 1 aliphatic carbocycles. The van der Waals surface area contributed by atoms with Gasteiger partial charge in [-0.15, -0.1) is 22.7 Å². The third kappa shape index (κ3) is 3.25. The van der Waals surface area contributed by atoms with E-state index in [0.717, 1.165) is 17.5 Å². The summed E-state index contributed by atoms with van der Waals surface area (Å²) in [5.41, 5.74) is 0. The summed E-state index contributed by atoms with van der Waals surface area (Å²) in [7, 11) is 0. The molecule has 1 N–H and O–H groups in total. The van der Waals surface area contributed by atoms with E-state index in [0.29, 0.717) is 6.04 Å². The van der Waals surface area contributed by atoms with E-state index in [-0.39, 0.29) is 0 Å². The second-order valence-electron chi connectivity index (χ2n) is 5.26. The summed E-state index contributed by atoms with van der Waals surface area (Å²) in [6.07, 6.45) is 7.55. The van der Waals surface area contributed by atoms with Gasteiger partial charge in [0.05, 0.1) is 5.01 Å². The molecule has 0 aliphatic heterocycles. The number of rotatable bonds is 5. The molecule has 3 rings (SSSR count). The maximum Gasteiger partial charge on any atom is 0.0897 e. The van der Waals surface area contributed by atoms with Crippen molar-refractivity contribution in [3.05, 3.63) is 38.5 Å². The molecule has 0 radical (unpaired) electrons. The van der Waals surface area contributed by atoms with Crippen molar-refractivity contribution >= 4 is 22.7 Å². The molecule has 1 atom stereocenters. The minimum atomic E-state index is 0.532. The number of thiophene rings is 1. The second-order valence-corrected chi connectivity index (χ2v) is 7.56. The lowest BCUT2D eigenvalue weighted by molar-refractivity contribution is 0.372. The first-order chi connectivity index (χ1) is 9.33. The van der Waals surface area contributed by atoms with Crippen LogP contribution in [0, 0.1) is 12.8 Å². The average molecular weight is 292 g/mol. The maximum absolute atomic E-state index is 4.34. The highest BCUT2D eigenvalue weighted by molar-refractivity contribution is 7.11. The van der Waals surface area contributed by atoms with Crippen molar-refractivity contribution in [3.63, 3.8) is 0 Å². The van der Waals surface area contributed by atoms with E-state index in [1.54, 1.807) is 11.3 Å². The fraction of sp³-hybridized carbons (Fsp3) is 0.533. The molecular formula is C15H20N2S2. The molecular weight excluding hydrogens is 272 g/mol. The quantitative estimate of drug-likeness (QED) is 0.875. The third-order valence-electron chi connectivity index (χ3n) is 3.89. The molecule has 0 saturated heterocycles. The second kappa shape index (κ2) is 6.16. The SMILES string of the molecule is Cc1ncc(CNC(c2cccs2)C2CCCC2)s1. The van der Waals surface area contributed by atoms with Crippen LogP contribution < -0.4 is 5.32 Å². The smallest absolute Gasteiger partial charge is 0.0897 e. The molecule has 19 heavy (non-hydrogen) atoms. The van der Waals surface area contributed by atoms with Crippen molar-refractivity contribution < 1.29 is 0 Å². The molecule has 1 unspecified atom stereocenters. The molecule has 1 fully saturated rings. The zero-order valence-electron chi connectivity index (χ0n) is 11.3. The molecule has 1 aliphatic rings. The number of nitrogens with zero attached hydrogens (tertiary/aromatic N) is 1. The van der Waals surface area contributed by atoms with Crippen LogP contribution in [0.15, 0.2) is 23.7 Å². The number of nitrogens with one attached hydrogen (secondary N) is 1. The van der Waals surface area contributed by atoms with Gasteiger partial charge in [-0.2, -0.15) is 0 Å². The Hall–Kier alpha value is -0.710. The lowest BCUT2D eigenvalue weighted by Crippen LogP contribution is -2.25. The number of hydrogen-bond donors (Lipinski definition) is 1. The van der Waals surface area contributed by atoms with Crippen molar-refractivity contribution in [1.29, 1.82) is 0 Å². The van der Waals surface area contributed by atoms with Gasteiger partial charge in [0.2, 0.25) is 0 Å². The largest absolute Gasteiger partial charge is 0.304 e. The Morgan fingerprint density at radius 1 is 1.42 bits per heavy atom. The average Bonchev–Trinajstić information content (AvgIpc) is 3.11. The molecule has 2 aromatic rings. The van der Waals surface area contributed by atoms with Crippen LogP contribution in [0.25, 0.3) is 0 Å². The van der Waals surface area contributed by atoms with E-state index < -0.39 is 0 Å². The summed E-state index contributed by atoms with van der Waals surface area (Å²) in [6.45, 7) is 3.02. The Morgan fingerprint density at radius 2 is 2.26 bits per heavy atom. The van der Waals surface area contributed by atoms with Gasteiger partial charge in [0.15, 0.2) is 0 Å². The van der Waals surface area contributed by atoms with E-state index >= 15 is 0 Å². The summed E-state index contributed by atoms with van der Waals surface area (Å²) < 4.78 is 0. The molecule has 0 bridgehead atoms. The van der Waals surface area contributed by atoms with Gasteiger partial charge in [-0.3, -0.25) is 0 Å². The molecule has 4 heteroatoms. The molecule has 0 spiro atoms. The first-order valence-electron chi connectivity index (χ1n) is 7.01. The summed E-state index contributed by atoms with van der Waals surface area (Å²) in [6, 6.07) is 4.98. The fourth-order valence-electron chi connectivity index (χ4n) is 2.96. The van der Waals surface area contributed by atoms with Crippen LogP contribution in [0.5, 0.6) is 0 Å². The Labute approximate surface area is 122 Å². The normalized spacial score (nSPS) is 17.9. The summed E-state index contributed by atoms with van der Waals surface area (Å²) >= 11 is 3.68. The fourth-order valence-corrected chi connectivity index (χ4v) is 4.60. The number of aryl methyl sites for hydroxylation is 1. The highest BCUT2D eigenvalue weighted by Gasteiger charge is 2.26. The predicted octanol–water partition coefficient (Wildman–Crippen LogP) is 4.53. The molecule has 2 heterocycles. The van der Waals surface area contributed by atoms with Gasteiger partial charge in [-0.05, 0) is 37.1 Å². The van der Waals surface area contributed by atoms with Crippen LogP contribution in [-0.4, -0.2) is 4.98 Å². The molecule has 102 valence electrons. The summed E-state index contributed by atoms with van der Waals surface area (Å²) in [5.74, 6) is 0.813. The van der Waals surface area contributed by atoms with Gasteiger partial charge < -0.3 is 5.32 Å². The highest BCUT2D eigenvalue weighted by atomic mass is 32.1. The number of thiazole rings is 1. The minimum Gasteiger partial charge on any atom is -0.304 e. The Kier molecular flexibility index (Phi) is 4.31. The highest BCUT2D eigenvalue weighted by Crippen LogP contribution is 2.37. The topological polar surface area (TPSA) is 24.9 Å². The standard InChI is InChI=1S/C15H20N2S2/c1-11-16-9-13(19-11)10-17-15(12-5-2-3-6-12)14-7-4-8-18-14/h4,7-9,12,15,17H,2-3,5-6,10H2,1H3. The molecule has 1 saturated carbocycles. The van der Waals surface area contributed by atoms with Gasteiger partial charge in [0, 0.05) is 28.5 Å². The van der Waals surface area contributed by atoms with Crippen LogP contribution in [-0.2, 0) is 6.54 Å². The van der Waals surface area contributed by atoms with Crippen LogP contribution in [0.4, 0.5) is 0 Å². The van der Waals surface area contributed by atoms with Gasteiger partial charge >= 0.3 is 0 Å². The van der Waals surface area contributed by atoms with Gasteiger partial charge in [-0.1, -0.05) is 18.9 Å². The molecule has 0 amide bonds. The predicted molar refractivity (Wildman–Crippen MR) is 82.7 cm³/mol. The van der Waals surface area contributed by atoms with Crippen molar-refractivity contribution in [3.8, 4) is 0 Å². The maximum atomic E-state index is 4.34. The van der Waals surface area contributed by atoms with Crippen LogP contribution in [0.1, 0.15) is 46.5 Å². The van der Waals surface area contributed by atoms with E-state index in [4.69, 9.17) is 0 Å². The summed E-state index contributed by atoms with van der Waals surface area (Å²) in [4.78, 5) is 7.17. The zero-order chi connectivity index (χ0) is 13.1. The summed E-state index contributed by atoms with van der Waals surface area (Å²) in [5, 5.41) is 7.12. The van der Waals surface area contributed by atoms with Crippen molar-refractivity contribution in [2.45, 2.75) is 45.2 Å². The number of hydrogen-bond acceptors (Lipinski definition) is 4. The first kappa shape index (κ1) is 13.3. The van der Waals surface area contributed by atoms with Crippen molar-refractivity contribution in [2.24, 2.45) is 5.92 Å². The van der Waals surface area contributed by atoms with Gasteiger partial charge in [0.25, 0.3) is 0 Å². The number of aromatic nitrogens is 1.